The third-order valence-electron chi connectivity index (χ3n) is 6.64. The van der Waals surface area contributed by atoms with E-state index in [1.807, 2.05) is 0 Å². The summed E-state index contributed by atoms with van der Waals surface area (Å²) in [6, 6.07) is 11.7. The van der Waals surface area contributed by atoms with E-state index in [-0.39, 0.29) is 43.0 Å². The molecule has 9 nitrogen and oxygen atoms in total. The zero-order valence-electron chi connectivity index (χ0n) is 20.2. The average molecular weight is 553 g/mol. The molecule has 0 saturated heterocycles. The number of aromatic nitrogens is 2. The molecule has 1 amide bonds. The number of hydrogen-bond donors (Lipinski definition) is 2. The van der Waals surface area contributed by atoms with E-state index in [1.165, 1.54) is 26.5 Å². The first-order valence-electron chi connectivity index (χ1n) is 11.7. The minimum absolute atomic E-state index is 0.00354. The quantitative estimate of drug-likeness (QED) is 0.432. The van der Waals surface area contributed by atoms with Crippen molar-refractivity contribution < 1.29 is 37.7 Å². The number of hydrogen-bond acceptors (Lipinski definition) is 7. The molecule has 0 bridgehead atoms. The molecule has 2 N–H and O–H groups in total. The van der Waals surface area contributed by atoms with Gasteiger partial charge < -0.3 is 24.6 Å². The van der Waals surface area contributed by atoms with Crippen molar-refractivity contribution in [2.45, 2.75) is 32.1 Å². The maximum Gasteiger partial charge on any atom is 0.573 e. The van der Waals surface area contributed by atoms with Crippen molar-refractivity contribution in [3.05, 3.63) is 64.8 Å². The molecule has 1 aliphatic carbocycles. The Hall–Kier alpha value is -3.48. The number of alkyl halides is 3. The number of rotatable bonds is 8. The highest BCUT2D eigenvalue weighted by Crippen LogP contribution is 2.47. The van der Waals surface area contributed by atoms with Gasteiger partial charge in [0.15, 0.2) is 11.5 Å². The van der Waals surface area contributed by atoms with Gasteiger partial charge in [0.25, 0.3) is 5.91 Å². The summed E-state index contributed by atoms with van der Waals surface area (Å²) < 4.78 is 49.5. The zero-order chi connectivity index (χ0) is 27.2. The van der Waals surface area contributed by atoms with E-state index in [9.17, 15) is 28.2 Å². The van der Waals surface area contributed by atoms with E-state index in [1.54, 1.807) is 31.3 Å². The number of aliphatic hydroxyl groups excluding tert-OH is 2. The molecular weight excluding hydrogens is 529 g/mol. The first-order chi connectivity index (χ1) is 18.0. The van der Waals surface area contributed by atoms with Gasteiger partial charge in [-0.1, -0.05) is 29.8 Å². The van der Waals surface area contributed by atoms with Crippen LogP contribution in [0.2, 0.25) is 5.02 Å². The number of benzene rings is 2. The molecule has 2 aromatic carbocycles. The standard InChI is InChI=1S/C25H24ClF3N4O5/c1-31-20-19(21(35)33(23(31)36)13-24(14-34)9-10-24)32(12-15-5-7-16(26)8-6-15)22(30-20)37-17-3-2-4-18(11-17)38-25(27,28)29/h2-8,11,23,34,36H,9-10,12-14H2,1H3. The third-order valence-corrected chi connectivity index (χ3v) is 6.89. The summed E-state index contributed by atoms with van der Waals surface area (Å²) in [7, 11) is 1.56. The summed E-state index contributed by atoms with van der Waals surface area (Å²) in [6.07, 6.45) is -4.77. The van der Waals surface area contributed by atoms with Crippen LogP contribution in [0.5, 0.6) is 17.5 Å². The van der Waals surface area contributed by atoms with Gasteiger partial charge in [-0.15, -0.1) is 13.2 Å². The fraction of sp³-hybridized carbons (Fsp3) is 0.360. The number of carbonyl (C=O) groups is 1. The van der Waals surface area contributed by atoms with Crippen LogP contribution in [-0.2, 0) is 6.54 Å². The van der Waals surface area contributed by atoms with Crippen molar-refractivity contribution in [1.29, 1.82) is 0 Å². The van der Waals surface area contributed by atoms with Crippen LogP contribution in [0.3, 0.4) is 0 Å². The number of halogens is 4. The maximum atomic E-state index is 13.7. The van der Waals surface area contributed by atoms with Crippen LogP contribution >= 0.6 is 11.6 Å². The number of carbonyl (C=O) groups excluding carboxylic acids is 1. The van der Waals surface area contributed by atoms with Gasteiger partial charge in [-0.2, -0.15) is 4.98 Å². The van der Waals surface area contributed by atoms with Gasteiger partial charge in [-0.3, -0.25) is 14.3 Å². The van der Waals surface area contributed by atoms with Gasteiger partial charge in [0, 0.05) is 30.1 Å². The molecule has 13 heteroatoms. The Morgan fingerprint density at radius 1 is 1.16 bits per heavy atom. The predicted octanol–water partition coefficient (Wildman–Crippen LogP) is 4.22. The number of anilines is 1. The Bertz CT molecular complexity index is 1340. The first-order valence-corrected chi connectivity index (χ1v) is 12.1. The Kier molecular flexibility index (Phi) is 6.66. The van der Waals surface area contributed by atoms with Gasteiger partial charge in [-0.25, -0.2) is 0 Å². The lowest BCUT2D eigenvalue weighted by Crippen LogP contribution is -2.56. The van der Waals surface area contributed by atoms with E-state index in [0.717, 1.165) is 30.5 Å². The highest BCUT2D eigenvalue weighted by atomic mass is 35.5. The molecule has 3 aromatic rings. The monoisotopic (exact) mass is 552 g/mol. The van der Waals surface area contributed by atoms with Crippen molar-refractivity contribution >= 4 is 23.3 Å². The molecule has 0 radical (unpaired) electrons. The highest BCUT2D eigenvalue weighted by Gasteiger charge is 2.49. The normalized spacial score (nSPS) is 18.4. The van der Waals surface area contributed by atoms with Crippen molar-refractivity contribution in [1.82, 2.24) is 14.5 Å². The summed E-state index contributed by atoms with van der Waals surface area (Å²) in [5.41, 5.74) is 0.406. The van der Waals surface area contributed by atoms with Crippen LogP contribution in [0, 0.1) is 5.41 Å². The molecule has 1 aliphatic heterocycles. The molecule has 1 aromatic heterocycles. The fourth-order valence-electron chi connectivity index (χ4n) is 4.33. The first kappa shape index (κ1) is 26.1. The topological polar surface area (TPSA) is 100 Å². The number of imidazole rings is 1. The van der Waals surface area contributed by atoms with Gasteiger partial charge in [0.2, 0.25) is 6.35 Å². The molecule has 0 spiro atoms. The van der Waals surface area contributed by atoms with Gasteiger partial charge in [0.1, 0.15) is 11.5 Å². The fourth-order valence-corrected chi connectivity index (χ4v) is 4.46. The SMILES string of the molecule is CN1c2nc(Oc3cccc(OC(F)(F)F)c3)n(Cc3ccc(Cl)cc3)c2C(=O)N(CC2(CO)CC2)C1O. The Morgan fingerprint density at radius 3 is 2.47 bits per heavy atom. The molecule has 2 aliphatic rings. The van der Waals surface area contributed by atoms with E-state index in [4.69, 9.17) is 16.3 Å². The molecule has 202 valence electrons. The minimum atomic E-state index is -4.88. The summed E-state index contributed by atoms with van der Waals surface area (Å²) in [6.45, 7) is 0.142. The Morgan fingerprint density at radius 2 is 1.84 bits per heavy atom. The van der Waals surface area contributed by atoms with Crippen molar-refractivity contribution in [3.8, 4) is 17.5 Å². The Labute approximate surface area is 220 Å². The van der Waals surface area contributed by atoms with Crippen LogP contribution in [0.1, 0.15) is 28.9 Å². The van der Waals surface area contributed by atoms with E-state index in [0.29, 0.717) is 5.02 Å². The number of amides is 1. The maximum absolute atomic E-state index is 13.7. The molecule has 1 fully saturated rings. The predicted molar refractivity (Wildman–Crippen MR) is 130 cm³/mol. The third kappa shape index (κ3) is 5.24. The Balaban J connectivity index is 1.55. The van der Waals surface area contributed by atoms with Gasteiger partial charge in [0.05, 0.1) is 13.2 Å². The molecular formula is C25H24ClF3N4O5. The second-order valence-corrected chi connectivity index (χ2v) is 9.89. The smallest absolute Gasteiger partial charge is 0.425 e. The van der Waals surface area contributed by atoms with E-state index in [2.05, 4.69) is 9.72 Å². The summed E-state index contributed by atoms with van der Waals surface area (Å²) >= 11 is 6.02. The molecule has 1 unspecified atom stereocenters. The van der Waals surface area contributed by atoms with E-state index >= 15 is 0 Å². The summed E-state index contributed by atoms with van der Waals surface area (Å²) in [5, 5.41) is 21.2. The van der Waals surface area contributed by atoms with Crippen LogP contribution in [0.15, 0.2) is 48.5 Å². The number of nitrogens with zero attached hydrogens (tertiary/aromatic N) is 4. The second-order valence-electron chi connectivity index (χ2n) is 9.45. The molecule has 2 heterocycles. The minimum Gasteiger partial charge on any atom is -0.425 e. The lowest BCUT2D eigenvalue weighted by atomic mass is 10.1. The summed E-state index contributed by atoms with van der Waals surface area (Å²) in [5.74, 6) is -0.865. The van der Waals surface area contributed by atoms with E-state index < -0.39 is 29.8 Å². The number of aliphatic hydroxyl groups is 2. The highest BCUT2D eigenvalue weighted by molar-refractivity contribution is 6.30. The summed E-state index contributed by atoms with van der Waals surface area (Å²) in [4.78, 5) is 20.8. The van der Waals surface area contributed by atoms with Crippen LogP contribution < -0.4 is 14.4 Å². The number of ether oxygens (including phenoxy) is 2. The average Bonchev–Trinajstić information content (AvgIpc) is 3.56. The van der Waals surface area contributed by atoms with Crippen LogP contribution in [-0.4, -0.2) is 63.5 Å². The number of fused-ring (bicyclic) bond motifs is 1. The van der Waals surface area contributed by atoms with Crippen molar-refractivity contribution in [3.63, 3.8) is 0 Å². The van der Waals surface area contributed by atoms with Gasteiger partial charge >= 0.3 is 12.4 Å². The zero-order valence-corrected chi connectivity index (χ0v) is 20.9. The lowest BCUT2D eigenvalue weighted by Gasteiger charge is -2.40. The second kappa shape index (κ2) is 9.68. The van der Waals surface area contributed by atoms with Crippen molar-refractivity contribution in [2.24, 2.45) is 5.41 Å². The molecule has 38 heavy (non-hydrogen) atoms. The molecule has 1 atom stereocenters. The largest absolute Gasteiger partial charge is 0.573 e. The lowest BCUT2D eigenvalue weighted by molar-refractivity contribution is -0.274. The van der Waals surface area contributed by atoms with Crippen LogP contribution in [0.25, 0.3) is 0 Å². The molecule has 5 rings (SSSR count). The molecule has 1 saturated carbocycles. The van der Waals surface area contributed by atoms with Gasteiger partial charge in [-0.05, 0) is 42.7 Å². The van der Waals surface area contributed by atoms with Crippen LogP contribution in [0.4, 0.5) is 19.0 Å². The van der Waals surface area contributed by atoms with Crippen molar-refractivity contribution in [2.75, 3.05) is 25.1 Å².